The number of ether oxygens (including phenoxy) is 2. The molecule has 1 aromatic carbocycles. The summed E-state index contributed by atoms with van der Waals surface area (Å²) in [5.74, 6) is 1.41. The third kappa shape index (κ3) is 4.98. The molecule has 128 valence electrons. The molecule has 1 N–H and O–H groups in total. The normalized spacial score (nSPS) is 11.6. The van der Waals surface area contributed by atoms with Crippen LogP contribution in [0.15, 0.2) is 42.7 Å². The van der Waals surface area contributed by atoms with Gasteiger partial charge in [-0.25, -0.2) is 0 Å². The zero-order valence-corrected chi connectivity index (χ0v) is 14.4. The second kappa shape index (κ2) is 8.91. The van der Waals surface area contributed by atoms with E-state index in [2.05, 4.69) is 10.3 Å². The lowest BCUT2D eigenvalue weighted by atomic mass is 10.1. The summed E-state index contributed by atoms with van der Waals surface area (Å²) in [6, 6.07) is 9.50. The summed E-state index contributed by atoms with van der Waals surface area (Å²) in [6.07, 6.45) is 4.30. The summed E-state index contributed by atoms with van der Waals surface area (Å²) >= 11 is 0. The van der Waals surface area contributed by atoms with Crippen LogP contribution in [0.1, 0.15) is 31.4 Å². The molecule has 2 rings (SSSR count). The molecule has 1 heterocycles. The van der Waals surface area contributed by atoms with Crippen LogP contribution in [0.5, 0.6) is 11.5 Å². The maximum absolute atomic E-state index is 11.9. The van der Waals surface area contributed by atoms with Crippen molar-refractivity contribution in [2.24, 2.45) is 5.92 Å². The van der Waals surface area contributed by atoms with Gasteiger partial charge in [-0.1, -0.05) is 19.9 Å². The predicted octanol–water partition coefficient (Wildman–Crippen LogP) is 3.33. The minimum absolute atomic E-state index is 0.0230. The smallest absolute Gasteiger partial charge is 0.223 e. The van der Waals surface area contributed by atoms with Gasteiger partial charge in [-0.2, -0.15) is 0 Å². The van der Waals surface area contributed by atoms with Crippen LogP contribution in [0.25, 0.3) is 0 Å². The van der Waals surface area contributed by atoms with E-state index < -0.39 is 0 Å². The number of pyridine rings is 1. The van der Waals surface area contributed by atoms with Crippen LogP contribution < -0.4 is 14.8 Å². The van der Waals surface area contributed by atoms with Crippen LogP contribution >= 0.6 is 0 Å². The Labute approximate surface area is 143 Å². The molecule has 0 aliphatic heterocycles. The molecular formula is C19H24N2O3. The molecule has 1 unspecified atom stereocenters. The molecule has 0 saturated carbocycles. The number of carbonyl (C=O) groups excluding carboxylic acids is 1. The van der Waals surface area contributed by atoms with E-state index in [1.54, 1.807) is 19.5 Å². The Morgan fingerprint density at radius 1 is 1.17 bits per heavy atom. The fraction of sp³-hybridized carbons (Fsp3) is 0.368. The monoisotopic (exact) mass is 328 g/mol. The lowest BCUT2D eigenvalue weighted by molar-refractivity contribution is -0.124. The average Bonchev–Trinajstić information content (AvgIpc) is 2.64. The van der Waals surface area contributed by atoms with E-state index in [-0.39, 0.29) is 11.8 Å². The first-order valence-corrected chi connectivity index (χ1v) is 8.10. The summed E-state index contributed by atoms with van der Waals surface area (Å²) in [5.41, 5.74) is 2.01. The summed E-state index contributed by atoms with van der Waals surface area (Å²) in [6.45, 7) is 4.85. The second-order valence-corrected chi connectivity index (χ2v) is 5.66. The van der Waals surface area contributed by atoms with Gasteiger partial charge in [0.2, 0.25) is 5.91 Å². The molecule has 0 aliphatic rings. The fourth-order valence-electron chi connectivity index (χ4n) is 2.13. The van der Waals surface area contributed by atoms with Crippen molar-refractivity contribution in [2.75, 3.05) is 7.11 Å². The van der Waals surface area contributed by atoms with Crippen LogP contribution in [0.3, 0.4) is 0 Å². The van der Waals surface area contributed by atoms with Crippen LogP contribution in [0.4, 0.5) is 0 Å². The van der Waals surface area contributed by atoms with E-state index in [1.807, 2.05) is 44.2 Å². The third-order valence-corrected chi connectivity index (χ3v) is 3.90. The quantitative estimate of drug-likeness (QED) is 0.807. The molecule has 0 saturated heterocycles. The molecule has 0 radical (unpaired) electrons. The van der Waals surface area contributed by atoms with Gasteiger partial charge in [-0.15, -0.1) is 0 Å². The number of hydrogen-bond acceptors (Lipinski definition) is 4. The van der Waals surface area contributed by atoms with Gasteiger partial charge in [-0.3, -0.25) is 9.78 Å². The van der Waals surface area contributed by atoms with E-state index in [1.165, 1.54) is 0 Å². The minimum Gasteiger partial charge on any atom is -0.493 e. The Hall–Kier alpha value is -2.56. The van der Waals surface area contributed by atoms with E-state index in [0.717, 1.165) is 17.5 Å². The van der Waals surface area contributed by atoms with Gasteiger partial charge in [-0.05, 0) is 41.8 Å². The summed E-state index contributed by atoms with van der Waals surface area (Å²) < 4.78 is 11.2. The zero-order valence-electron chi connectivity index (χ0n) is 14.4. The van der Waals surface area contributed by atoms with Crippen LogP contribution in [-0.4, -0.2) is 18.0 Å². The fourth-order valence-corrected chi connectivity index (χ4v) is 2.13. The van der Waals surface area contributed by atoms with Gasteiger partial charge in [0.25, 0.3) is 0 Å². The lowest BCUT2D eigenvalue weighted by Crippen LogP contribution is -2.28. The van der Waals surface area contributed by atoms with Crippen molar-refractivity contribution in [3.63, 3.8) is 0 Å². The summed E-state index contributed by atoms with van der Waals surface area (Å²) in [7, 11) is 1.61. The molecule has 24 heavy (non-hydrogen) atoms. The van der Waals surface area contributed by atoms with Gasteiger partial charge in [0.15, 0.2) is 11.5 Å². The lowest BCUT2D eigenvalue weighted by Gasteiger charge is -2.14. The number of aromatic nitrogens is 1. The van der Waals surface area contributed by atoms with Gasteiger partial charge in [0.1, 0.15) is 6.61 Å². The van der Waals surface area contributed by atoms with Crippen molar-refractivity contribution < 1.29 is 14.3 Å². The number of carbonyl (C=O) groups is 1. The Balaban J connectivity index is 1.98. The number of benzene rings is 1. The van der Waals surface area contributed by atoms with Crippen LogP contribution in [-0.2, 0) is 17.9 Å². The second-order valence-electron chi connectivity index (χ2n) is 5.66. The Morgan fingerprint density at radius 3 is 2.58 bits per heavy atom. The van der Waals surface area contributed by atoms with Crippen molar-refractivity contribution in [1.29, 1.82) is 0 Å². The van der Waals surface area contributed by atoms with E-state index in [0.29, 0.717) is 24.7 Å². The van der Waals surface area contributed by atoms with Crippen LogP contribution in [0.2, 0.25) is 0 Å². The molecule has 0 aliphatic carbocycles. The molecule has 0 fully saturated rings. The molecular weight excluding hydrogens is 304 g/mol. The number of rotatable bonds is 8. The van der Waals surface area contributed by atoms with Crippen molar-refractivity contribution in [2.45, 2.75) is 33.4 Å². The molecule has 1 atom stereocenters. The first kappa shape index (κ1) is 17.8. The Bertz CT molecular complexity index is 659. The summed E-state index contributed by atoms with van der Waals surface area (Å²) in [5, 5.41) is 2.94. The Morgan fingerprint density at radius 2 is 1.92 bits per heavy atom. The first-order valence-electron chi connectivity index (χ1n) is 8.10. The maximum Gasteiger partial charge on any atom is 0.223 e. The van der Waals surface area contributed by atoms with Crippen molar-refractivity contribution in [1.82, 2.24) is 10.3 Å². The molecule has 2 aromatic rings. The van der Waals surface area contributed by atoms with E-state index in [4.69, 9.17) is 9.47 Å². The van der Waals surface area contributed by atoms with E-state index >= 15 is 0 Å². The minimum atomic E-state index is 0.0230. The predicted molar refractivity (Wildman–Crippen MR) is 92.9 cm³/mol. The zero-order chi connectivity index (χ0) is 17.4. The topological polar surface area (TPSA) is 60.5 Å². The number of nitrogens with one attached hydrogen (secondary N) is 1. The molecule has 5 heteroatoms. The highest BCUT2D eigenvalue weighted by atomic mass is 16.5. The highest BCUT2D eigenvalue weighted by molar-refractivity contribution is 5.78. The molecule has 1 amide bonds. The third-order valence-electron chi connectivity index (χ3n) is 3.90. The van der Waals surface area contributed by atoms with Crippen molar-refractivity contribution >= 4 is 5.91 Å². The molecule has 1 aromatic heterocycles. The molecule has 0 bridgehead atoms. The van der Waals surface area contributed by atoms with Crippen molar-refractivity contribution in [3.8, 4) is 11.5 Å². The molecule has 5 nitrogen and oxygen atoms in total. The highest BCUT2D eigenvalue weighted by Gasteiger charge is 2.11. The van der Waals surface area contributed by atoms with Gasteiger partial charge < -0.3 is 14.8 Å². The Kier molecular flexibility index (Phi) is 6.61. The average molecular weight is 328 g/mol. The van der Waals surface area contributed by atoms with Gasteiger partial charge >= 0.3 is 0 Å². The number of amides is 1. The van der Waals surface area contributed by atoms with Gasteiger partial charge in [0, 0.05) is 24.9 Å². The highest BCUT2D eigenvalue weighted by Crippen LogP contribution is 2.28. The number of hydrogen-bond donors (Lipinski definition) is 1. The molecule has 0 spiro atoms. The summed E-state index contributed by atoms with van der Waals surface area (Å²) in [4.78, 5) is 15.8. The van der Waals surface area contributed by atoms with E-state index in [9.17, 15) is 4.79 Å². The standard InChI is InChI=1S/C19H24N2O3/c1-4-14(2)19(22)21-12-16-5-6-17(18(11-16)23-3)24-13-15-7-9-20-10-8-15/h5-11,14H,4,12-13H2,1-3H3,(H,21,22). The van der Waals surface area contributed by atoms with Crippen LogP contribution in [0, 0.1) is 5.92 Å². The maximum atomic E-state index is 11.9. The largest absolute Gasteiger partial charge is 0.493 e. The number of methoxy groups -OCH3 is 1. The number of nitrogens with zero attached hydrogens (tertiary/aromatic N) is 1. The SMILES string of the molecule is CCC(C)C(=O)NCc1ccc(OCc2ccncc2)c(OC)c1. The van der Waals surface area contributed by atoms with Gasteiger partial charge in [0.05, 0.1) is 7.11 Å². The first-order chi connectivity index (χ1) is 11.6. The van der Waals surface area contributed by atoms with Crippen molar-refractivity contribution in [3.05, 3.63) is 53.9 Å².